The van der Waals surface area contributed by atoms with Gasteiger partial charge < -0.3 is 14.8 Å². The van der Waals surface area contributed by atoms with Gasteiger partial charge in [-0.15, -0.1) is 0 Å². The van der Waals surface area contributed by atoms with Crippen molar-refractivity contribution in [3.63, 3.8) is 0 Å². The van der Waals surface area contributed by atoms with Gasteiger partial charge in [-0.1, -0.05) is 25.1 Å². The first kappa shape index (κ1) is 13.2. The molecule has 1 amide bonds. The fourth-order valence-corrected chi connectivity index (χ4v) is 3.21. The van der Waals surface area contributed by atoms with Crippen LogP contribution in [-0.2, 0) is 0 Å². The van der Waals surface area contributed by atoms with E-state index in [0.717, 1.165) is 29.6 Å². The molecule has 1 aliphatic heterocycles. The summed E-state index contributed by atoms with van der Waals surface area (Å²) < 4.78 is 0. The summed E-state index contributed by atoms with van der Waals surface area (Å²) >= 11 is 0. The van der Waals surface area contributed by atoms with Crippen molar-refractivity contribution in [2.24, 2.45) is 5.92 Å². The molecule has 2 heterocycles. The van der Waals surface area contributed by atoms with Crippen LogP contribution in [0.1, 0.15) is 17.3 Å². The number of carbonyl (C=O) groups excluding carboxylic acids is 1. The zero-order valence-electron chi connectivity index (χ0n) is 12.3. The predicted molar refractivity (Wildman–Crippen MR) is 80.8 cm³/mol. The number of likely N-dealkylation sites (N-methyl/N-ethyl adjacent to an activating group) is 1. The Kier molecular flexibility index (Phi) is 3.26. The highest BCUT2D eigenvalue weighted by Crippen LogP contribution is 2.25. The molecule has 0 saturated carbocycles. The molecule has 1 aromatic heterocycles. The monoisotopic (exact) mass is 271 g/mol. The number of H-pyrrole nitrogens is 1. The highest BCUT2D eigenvalue weighted by Gasteiger charge is 2.34. The van der Waals surface area contributed by atoms with Crippen LogP contribution < -0.4 is 0 Å². The molecule has 2 unspecified atom stereocenters. The number of benzene rings is 1. The van der Waals surface area contributed by atoms with E-state index < -0.39 is 0 Å². The molecule has 1 N–H and O–H groups in total. The summed E-state index contributed by atoms with van der Waals surface area (Å²) in [6.45, 7) is 3.86. The van der Waals surface area contributed by atoms with Gasteiger partial charge in [0.2, 0.25) is 0 Å². The van der Waals surface area contributed by atoms with Crippen LogP contribution in [0.2, 0.25) is 0 Å². The van der Waals surface area contributed by atoms with Gasteiger partial charge in [0.15, 0.2) is 0 Å². The van der Waals surface area contributed by atoms with Crippen molar-refractivity contribution in [1.29, 1.82) is 0 Å². The van der Waals surface area contributed by atoms with Crippen molar-refractivity contribution < 1.29 is 4.79 Å². The van der Waals surface area contributed by atoms with E-state index in [1.165, 1.54) is 0 Å². The van der Waals surface area contributed by atoms with Crippen LogP contribution in [0.15, 0.2) is 30.5 Å². The number of nitrogens with one attached hydrogen (secondary N) is 1. The van der Waals surface area contributed by atoms with E-state index in [9.17, 15) is 4.79 Å². The molecule has 106 valence electrons. The van der Waals surface area contributed by atoms with Crippen LogP contribution in [0.5, 0.6) is 0 Å². The predicted octanol–water partition coefficient (Wildman–Crippen LogP) is 2.19. The third kappa shape index (κ3) is 2.10. The van der Waals surface area contributed by atoms with E-state index in [0.29, 0.717) is 12.0 Å². The average Bonchev–Trinajstić information content (AvgIpc) is 3.01. The van der Waals surface area contributed by atoms with Gasteiger partial charge in [-0.3, -0.25) is 4.79 Å². The maximum atomic E-state index is 12.7. The standard InChI is InChI=1S/C16H21N3O/c1-11-9-19(10-15(11)18(2)3)16(20)13-8-17-14-7-5-4-6-12(13)14/h4-8,11,15,17H,9-10H2,1-3H3. The van der Waals surface area contributed by atoms with Gasteiger partial charge in [0.25, 0.3) is 5.91 Å². The number of carbonyl (C=O) groups is 1. The van der Waals surface area contributed by atoms with Crippen molar-refractivity contribution in [3.05, 3.63) is 36.0 Å². The molecule has 1 fully saturated rings. The van der Waals surface area contributed by atoms with Crippen molar-refractivity contribution in [2.75, 3.05) is 27.2 Å². The Morgan fingerprint density at radius 3 is 2.75 bits per heavy atom. The first-order valence-corrected chi connectivity index (χ1v) is 7.09. The molecule has 2 atom stereocenters. The maximum Gasteiger partial charge on any atom is 0.256 e. The number of fused-ring (bicyclic) bond motifs is 1. The van der Waals surface area contributed by atoms with E-state index in [1.807, 2.05) is 35.4 Å². The minimum absolute atomic E-state index is 0.138. The molecule has 3 rings (SSSR count). The summed E-state index contributed by atoms with van der Waals surface area (Å²) in [6.07, 6.45) is 1.83. The van der Waals surface area contributed by atoms with Crippen molar-refractivity contribution >= 4 is 16.8 Å². The maximum absolute atomic E-state index is 12.7. The number of hydrogen-bond acceptors (Lipinski definition) is 2. The normalized spacial score (nSPS) is 22.9. The van der Waals surface area contributed by atoms with Gasteiger partial charge >= 0.3 is 0 Å². The molecule has 4 nitrogen and oxygen atoms in total. The molecule has 0 spiro atoms. The summed E-state index contributed by atoms with van der Waals surface area (Å²) in [6, 6.07) is 8.41. The lowest BCUT2D eigenvalue weighted by molar-refractivity contribution is 0.0783. The third-order valence-electron chi connectivity index (χ3n) is 4.34. The summed E-state index contributed by atoms with van der Waals surface area (Å²) in [4.78, 5) is 20.1. The molecule has 1 aromatic carbocycles. The van der Waals surface area contributed by atoms with Crippen LogP contribution in [0.3, 0.4) is 0 Å². The molecule has 20 heavy (non-hydrogen) atoms. The lowest BCUT2D eigenvalue weighted by atomic mass is 10.1. The number of rotatable bonds is 2. The van der Waals surface area contributed by atoms with Crippen LogP contribution in [0.25, 0.3) is 10.9 Å². The summed E-state index contributed by atoms with van der Waals surface area (Å²) in [5.74, 6) is 0.651. The number of aromatic amines is 1. The Bertz CT molecular complexity index is 631. The Morgan fingerprint density at radius 1 is 1.30 bits per heavy atom. The topological polar surface area (TPSA) is 39.3 Å². The molecule has 0 aliphatic carbocycles. The van der Waals surface area contributed by atoms with Gasteiger partial charge in [-0.05, 0) is 26.1 Å². The molecule has 4 heteroatoms. The summed E-state index contributed by atoms with van der Waals surface area (Å²) in [5.41, 5.74) is 1.81. The number of aromatic nitrogens is 1. The lowest BCUT2D eigenvalue weighted by Crippen LogP contribution is -2.35. The fraction of sp³-hybridized carbons (Fsp3) is 0.438. The number of likely N-dealkylation sites (tertiary alicyclic amines) is 1. The molecule has 2 aromatic rings. The Balaban J connectivity index is 1.87. The van der Waals surface area contributed by atoms with E-state index >= 15 is 0 Å². The van der Waals surface area contributed by atoms with Gasteiger partial charge in [0, 0.05) is 36.2 Å². The second kappa shape index (κ2) is 4.94. The first-order chi connectivity index (χ1) is 9.58. The molecule has 0 radical (unpaired) electrons. The second-order valence-corrected chi connectivity index (χ2v) is 5.97. The number of para-hydroxylation sites is 1. The van der Waals surface area contributed by atoms with E-state index in [2.05, 4.69) is 30.9 Å². The Morgan fingerprint density at radius 2 is 2.05 bits per heavy atom. The largest absolute Gasteiger partial charge is 0.360 e. The van der Waals surface area contributed by atoms with Gasteiger partial charge in [-0.2, -0.15) is 0 Å². The van der Waals surface area contributed by atoms with E-state index in [4.69, 9.17) is 0 Å². The molecular weight excluding hydrogens is 250 g/mol. The zero-order valence-corrected chi connectivity index (χ0v) is 12.3. The quantitative estimate of drug-likeness (QED) is 0.909. The van der Waals surface area contributed by atoms with Crippen molar-refractivity contribution in [2.45, 2.75) is 13.0 Å². The van der Waals surface area contributed by atoms with E-state index in [1.54, 1.807) is 0 Å². The van der Waals surface area contributed by atoms with Crippen LogP contribution in [0.4, 0.5) is 0 Å². The molecular formula is C16H21N3O. The van der Waals surface area contributed by atoms with Crippen LogP contribution in [0, 0.1) is 5.92 Å². The zero-order chi connectivity index (χ0) is 14.3. The van der Waals surface area contributed by atoms with Gasteiger partial charge in [0.05, 0.1) is 5.56 Å². The molecule has 1 saturated heterocycles. The Labute approximate surface area is 119 Å². The minimum Gasteiger partial charge on any atom is -0.360 e. The van der Waals surface area contributed by atoms with Crippen LogP contribution >= 0.6 is 0 Å². The SMILES string of the molecule is CC1CN(C(=O)c2c[nH]c3ccccc23)CC1N(C)C. The summed E-state index contributed by atoms with van der Waals surface area (Å²) in [5, 5.41) is 1.01. The lowest BCUT2D eigenvalue weighted by Gasteiger charge is -2.22. The van der Waals surface area contributed by atoms with E-state index in [-0.39, 0.29) is 5.91 Å². The number of hydrogen-bond donors (Lipinski definition) is 1. The molecule has 0 bridgehead atoms. The highest BCUT2D eigenvalue weighted by molar-refractivity contribution is 6.06. The molecule has 1 aliphatic rings. The smallest absolute Gasteiger partial charge is 0.256 e. The van der Waals surface area contributed by atoms with Crippen LogP contribution in [-0.4, -0.2) is 53.9 Å². The van der Waals surface area contributed by atoms with Crippen molar-refractivity contribution in [1.82, 2.24) is 14.8 Å². The van der Waals surface area contributed by atoms with Crippen molar-refractivity contribution in [3.8, 4) is 0 Å². The highest BCUT2D eigenvalue weighted by atomic mass is 16.2. The van der Waals surface area contributed by atoms with Gasteiger partial charge in [-0.25, -0.2) is 0 Å². The number of amides is 1. The third-order valence-corrected chi connectivity index (χ3v) is 4.34. The van der Waals surface area contributed by atoms with Gasteiger partial charge in [0.1, 0.15) is 0 Å². The Hall–Kier alpha value is -1.81. The number of nitrogens with zero attached hydrogens (tertiary/aromatic N) is 2. The first-order valence-electron chi connectivity index (χ1n) is 7.09. The summed E-state index contributed by atoms with van der Waals surface area (Å²) in [7, 11) is 4.17. The fourth-order valence-electron chi connectivity index (χ4n) is 3.21. The second-order valence-electron chi connectivity index (χ2n) is 5.97. The average molecular weight is 271 g/mol. The minimum atomic E-state index is 0.138.